The third-order valence-electron chi connectivity index (χ3n) is 3.28. The lowest BCUT2D eigenvalue weighted by molar-refractivity contribution is -0.0557. The Labute approximate surface area is 156 Å². The van der Waals surface area contributed by atoms with Gasteiger partial charge in [0.15, 0.2) is 6.29 Å². The van der Waals surface area contributed by atoms with Gasteiger partial charge in [-0.2, -0.15) is 0 Å². The Hall–Kier alpha value is -1.57. The monoisotopic (exact) mass is 390 g/mol. The van der Waals surface area contributed by atoms with Crippen molar-refractivity contribution in [2.45, 2.75) is 32.5 Å². The lowest BCUT2D eigenvalue weighted by Crippen LogP contribution is -2.49. The summed E-state index contributed by atoms with van der Waals surface area (Å²) in [7, 11) is 0. The van der Waals surface area contributed by atoms with Gasteiger partial charge in [-0.25, -0.2) is 9.78 Å². The molecule has 0 N–H and O–H groups in total. The fraction of sp³-hybridized carbons (Fsp3) is 0.562. The standard InChI is InChI=1S/C16H20Cl2N2O5/c1-16(2,3)25-15(22)20-4-5-23-10(7-20)9-24-12-6-13(17)19-14(18)11(12)8-21/h6,8,10H,4-5,7,9H2,1-3H3. The van der Waals surface area contributed by atoms with E-state index in [2.05, 4.69) is 4.98 Å². The highest BCUT2D eigenvalue weighted by Gasteiger charge is 2.28. The molecule has 0 spiro atoms. The van der Waals surface area contributed by atoms with E-state index in [4.69, 9.17) is 37.4 Å². The molecule has 0 radical (unpaired) electrons. The fourth-order valence-corrected chi connectivity index (χ4v) is 2.65. The van der Waals surface area contributed by atoms with Crippen molar-refractivity contribution in [3.8, 4) is 5.75 Å². The second kappa shape index (κ2) is 8.21. The van der Waals surface area contributed by atoms with E-state index in [1.807, 2.05) is 20.8 Å². The molecule has 25 heavy (non-hydrogen) atoms. The van der Waals surface area contributed by atoms with Crippen LogP contribution >= 0.6 is 23.2 Å². The Balaban J connectivity index is 1.97. The van der Waals surface area contributed by atoms with Crippen molar-refractivity contribution in [3.63, 3.8) is 0 Å². The third-order valence-corrected chi connectivity index (χ3v) is 3.76. The summed E-state index contributed by atoms with van der Waals surface area (Å²) in [6, 6.07) is 1.41. The Kier molecular flexibility index (Phi) is 6.48. The zero-order valence-electron chi connectivity index (χ0n) is 14.3. The number of carbonyl (C=O) groups is 2. The molecular weight excluding hydrogens is 371 g/mol. The van der Waals surface area contributed by atoms with Gasteiger partial charge in [0, 0.05) is 12.6 Å². The van der Waals surface area contributed by atoms with Crippen molar-refractivity contribution in [2.24, 2.45) is 0 Å². The Morgan fingerprint density at radius 2 is 2.20 bits per heavy atom. The Bertz CT molecular complexity index is 648. The summed E-state index contributed by atoms with van der Waals surface area (Å²) in [6.45, 7) is 6.68. The molecular formula is C16H20Cl2N2O5. The molecule has 0 bridgehead atoms. The molecule has 1 amide bonds. The molecule has 9 heteroatoms. The van der Waals surface area contributed by atoms with E-state index in [-0.39, 0.29) is 34.3 Å². The molecule has 1 aliphatic heterocycles. The number of hydrogen-bond acceptors (Lipinski definition) is 6. The topological polar surface area (TPSA) is 78.0 Å². The summed E-state index contributed by atoms with van der Waals surface area (Å²) in [4.78, 5) is 28.6. The first-order valence-electron chi connectivity index (χ1n) is 7.73. The first-order chi connectivity index (χ1) is 11.7. The number of ether oxygens (including phenoxy) is 3. The zero-order valence-corrected chi connectivity index (χ0v) is 15.8. The number of aldehydes is 1. The zero-order chi connectivity index (χ0) is 18.6. The van der Waals surface area contributed by atoms with Gasteiger partial charge in [-0.15, -0.1) is 0 Å². The smallest absolute Gasteiger partial charge is 0.410 e. The van der Waals surface area contributed by atoms with Gasteiger partial charge in [0.05, 0.1) is 18.7 Å². The molecule has 1 aromatic rings. The normalized spacial score (nSPS) is 18.0. The average molecular weight is 391 g/mol. The molecule has 0 aliphatic carbocycles. The number of halogens is 2. The number of morpholine rings is 1. The van der Waals surface area contributed by atoms with Crippen LogP contribution in [0.2, 0.25) is 10.3 Å². The molecule has 1 fully saturated rings. The first kappa shape index (κ1) is 19.8. The number of rotatable bonds is 4. The maximum absolute atomic E-state index is 12.1. The summed E-state index contributed by atoms with van der Waals surface area (Å²) in [6.07, 6.45) is -0.216. The van der Waals surface area contributed by atoms with Crippen LogP contribution < -0.4 is 4.74 Å². The van der Waals surface area contributed by atoms with E-state index >= 15 is 0 Å². The number of hydrogen-bond donors (Lipinski definition) is 0. The summed E-state index contributed by atoms with van der Waals surface area (Å²) in [5.74, 6) is 0.220. The minimum atomic E-state index is -0.565. The van der Waals surface area contributed by atoms with Gasteiger partial charge in [0.25, 0.3) is 0 Å². The maximum Gasteiger partial charge on any atom is 0.410 e. The minimum Gasteiger partial charge on any atom is -0.490 e. The predicted octanol–water partition coefficient (Wildman–Crippen LogP) is 3.22. The number of amides is 1. The molecule has 1 aromatic heterocycles. The summed E-state index contributed by atoms with van der Waals surface area (Å²) < 4.78 is 16.6. The molecule has 0 aromatic carbocycles. The van der Waals surface area contributed by atoms with Crippen molar-refractivity contribution >= 4 is 35.6 Å². The molecule has 138 valence electrons. The highest BCUT2D eigenvalue weighted by molar-refractivity contribution is 6.34. The van der Waals surface area contributed by atoms with E-state index in [1.165, 1.54) is 6.07 Å². The van der Waals surface area contributed by atoms with Crippen LogP contribution in [0.4, 0.5) is 4.79 Å². The number of carbonyl (C=O) groups excluding carboxylic acids is 2. The van der Waals surface area contributed by atoms with E-state index in [1.54, 1.807) is 4.90 Å². The minimum absolute atomic E-state index is 0.0301. The molecule has 0 saturated carbocycles. The third kappa shape index (κ3) is 5.73. The van der Waals surface area contributed by atoms with Gasteiger partial charge in [0.1, 0.15) is 34.4 Å². The van der Waals surface area contributed by atoms with Gasteiger partial charge in [-0.3, -0.25) is 4.79 Å². The van der Waals surface area contributed by atoms with Crippen molar-refractivity contribution in [1.29, 1.82) is 0 Å². The van der Waals surface area contributed by atoms with Crippen LogP contribution in [0.5, 0.6) is 5.75 Å². The van der Waals surface area contributed by atoms with Gasteiger partial charge < -0.3 is 19.1 Å². The number of aromatic nitrogens is 1. The summed E-state index contributed by atoms with van der Waals surface area (Å²) >= 11 is 11.7. The Morgan fingerprint density at radius 1 is 1.48 bits per heavy atom. The van der Waals surface area contributed by atoms with E-state index in [9.17, 15) is 9.59 Å². The molecule has 7 nitrogen and oxygen atoms in total. The van der Waals surface area contributed by atoms with Crippen LogP contribution in [0.15, 0.2) is 6.07 Å². The van der Waals surface area contributed by atoms with Crippen molar-refractivity contribution < 1.29 is 23.8 Å². The first-order valence-corrected chi connectivity index (χ1v) is 8.48. The average Bonchev–Trinajstić information content (AvgIpc) is 2.51. The van der Waals surface area contributed by atoms with Crippen LogP contribution in [0.3, 0.4) is 0 Å². The second-order valence-electron chi connectivity index (χ2n) is 6.50. The second-order valence-corrected chi connectivity index (χ2v) is 7.24. The van der Waals surface area contributed by atoms with Crippen LogP contribution in [0.1, 0.15) is 31.1 Å². The Morgan fingerprint density at radius 3 is 2.84 bits per heavy atom. The highest BCUT2D eigenvalue weighted by Crippen LogP contribution is 2.27. The molecule has 2 rings (SSSR count). The summed E-state index contributed by atoms with van der Waals surface area (Å²) in [5.41, 5.74) is -0.448. The van der Waals surface area contributed by atoms with Crippen molar-refractivity contribution in [2.75, 3.05) is 26.3 Å². The van der Waals surface area contributed by atoms with Crippen molar-refractivity contribution in [3.05, 3.63) is 21.9 Å². The van der Waals surface area contributed by atoms with Crippen LogP contribution in [-0.4, -0.2) is 60.3 Å². The quantitative estimate of drug-likeness (QED) is 0.580. The highest BCUT2D eigenvalue weighted by atomic mass is 35.5. The van der Waals surface area contributed by atoms with Gasteiger partial charge in [-0.1, -0.05) is 23.2 Å². The van der Waals surface area contributed by atoms with E-state index < -0.39 is 11.7 Å². The molecule has 1 atom stereocenters. The molecule has 2 heterocycles. The van der Waals surface area contributed by atoms with E-state index in [0.717, 1.165) is 0 Å². The SMILES string of the molecule is CC(C)(C)OC(=O)N1CCOC(COc2cc(Cl)nc(Cl)c2C=O)C1. The number of pyridine rings is 1. The molecule has 1 unspecified atom stereocenters. The lowest BCUT2D eigenvalue weighted by atomic mass is 10.2. The van der Waals surface area contributed by atoms with Crippen molar-refractivity contribution in [1.82, 2.24) is 9.88 Å². The number of nitrogens with zero attached hydrogens (tertiary/aromatic N) is 2. The van der Waals surface area contributed by atoms with Gasteiger partial charge in [-0.05, 0) is 20.8 Å². The van der Waals surface area contributed by atoms with Crippen LogP contribution in [0.25, 0.3) is 0 Å². The van der Waals surface area contributed by atoms with Gasteiger partial charge >= 0.3 is 6.09 Å². The fourth-order valence-electron chi connectivity index (χ4n) is 2.20. The van der Waals surface area contributed by atoms with Crippen LogP contribution in [0, 0.1) is 0 Å². The predicted molar refractivity (Wildman–Crippen MR) is 92.7 cm³/mol. The summed E-state index contributed by atoms with van der Waals surface area (Å²) in [5, 5.41) is 0.0861. The van der Waals surface area contributed by atoms with Gasteiger partial charge in [0.2, 0.25) is 0 Å². The molecule has 1 saturated heterocycles. The van der Waals surface area contributed by atoms with E-state index in [0.29, 0.717) is 26.0 Å². The largest absolute Gasteiger partial charge is 0.490 e. The maximum atomic E-state index is 12.1. The lowest BCUT2D eigenvalue weighted by Gasteiger charge is -2.34. The van der Waals surface area contributed by atoms with Crippen LogP contribution in [-0.2, 0) is 9.47 Å². The molecule has 1 aliphatic rings.